The van der Waals surface area contributed by atoms with Gasteiger partial charge in [-0.3, -0.25) is 0 Å². The highest BCUT2D eigenvalue weighted by Crippen LogP contribution is 2.28. The minimum absolute atomic E-state index is 0.358. The van der Waals surface area contributed by atoms with E-state index >= 15 is 0 Å². The van der Waals surface area contributed by atoms with E-state index in [0.29, 0.717) is 5.56 Å². The molecule has 0 amide bonds. The average molecular weight is 309 g/mol. The summed E-state index contributed by atoms with van der Waals surface area (Å²) in [5.41, 5.74) is 4.26. The number of carbonyl (C=O) groups is 1. The van der Waals surface area contributed by atoms with E-state index in [1.165, 1.54) is 12.7 Å². The van der Waals surface area contributed by atoms with Crippen molar-refractivity contribution >= 4 is 11.5 Å². The molecule has 5 heteroatoms. The predicted molar refractivity (Wildman–Crippen MR) is 89.4 cm³/mol. The van der Waals surface area contributed by atoms with Crippen LogP contribution in [-0.4, -0.2) is 41.7 Å². The maximum atomic E-state index is 12.2. The molecule has 0 aliphatic carbocycles. The fourth-order valence-electron chi connectivity index (χ4n) is 2.74. The molecule has 2 heterocycles. The van der Waals surface area contributed by atoms with Crippen molar-refractivity contribution in [1.82, 2.24) is 14.5 Å². The zero-order chi connectivity index (χ0) is 16.4. The van der Waals surface area contributed by atoms with Gasteiger partial charge in [0.2, 0.25) is 0 Å². The molecule has 0 aliphatic heterocycles. The van der Waals surface area contributed by atoms with Crippen LogP contribution in [0.25, 0.3) is 16.8 Å². The molecule has 0 saturated carbocycles. The van der Waals surface area contributed by atoms with Gasteiger partial charge in [-0.1, -0.05) is 18.2 Å². The minimum Gasteiger partial charge on any atom is -0.465 e. The summed E-state index contributed by atoms with van der Waals surface area (Å²) >= 11 is 0. The Kier molecular flexibility index (Phi) is 4.12. The van der Waals surface area contributed by atoms with E-state index < -0.39 is 0 Å². The average Bonchev–Trinajstić information content (AvgIpc) is 2.93. The number of benzene rings is 1. The lowest BCUT2D eigenvalue weighted by Gasteiger charge is -2.11. The van der Waals surface area contributed by atoms with Crippen LogP contribution in [0.2, 0.25) is 0 Å². The van der Waals surface area contributed by atoms with Crippen LogP contribution in [0.1, 0.15) is 15.9 Å². The van der Waals surface area contributed by atoms with Crippen LogP contribution in [-0.2, 0) is 11.3 Å². The van der Waals surface area contributed by atoms with Crippen LogP contribution in [0, 0.1) is 0 Å². The van der Waals surface area contributed by atoms with Crippen LogP contribution in [0.15, 0.2) is 48.7 Å². The van der Waals surface area contributed by atoms with E-state index in [0.717, 1.165) is 23.3 Å². The number of hydrogen-bond donors (Lipinski definition) is 0. The van der Waals surface area contributed by atoms with Crippen LogP contribution in [0.3, 0.4) is 0 Å². The van der Waals surface area contributed by atoms with Gasteiger partial charge in [0.05, 0.1) is 23.9 Å². The molecule has 0 unspecified atom stereocenters. The smallest absolute Gasteiger partial charge is 0.340 e. The molecule has 0 spiro atoms. The van der Waals surface area contributed by atoms with Gasteiger partial charge < -0.3 is 9.64 Å². The number of aromatic nitrogens is 2. The largest absolute Gasteiger partial charge is 0.465 e. The number of methoxy groups -OCH3 is 1. The molecular formula is C18H19N3O2. The van der Waals surface area contributed by atoms with Gasteiger partial charge in [0.25, 0.3) is 0 Å². The molecule has 118 valence electrons. The first-order valence-corrected chi connectivity index (χ1v) is 7.39. The maximum absolute atomic E-state index is 12.2. The number of esters is 1. The molecule has 0 aliphatic rings. The van der Waals surface area contributed by atoms with Crippen LogP contribution in [0.4, 0.5) is 0 Å². The highest BCUT2D eigenvalue weighted by atomic mass is 16.5. The molecule has 0 radical (unpaired) electrons. The van der Waals surface area contributed by atoms with E-state index in [4.69, 9.17) is 4.74 Å². The number of fused-ring (bicyclic) bond motifs is 1. The van der Waals surface area contributed by atoms with Crippen LogP contribution < -0.4 is 0 Å². The Hall–Kier alpha value is -2.66. The van der Waals surface area contributed by atoms with Crippen molar-refractivity contribution in [3.05, 3.63) is 59.8 Å². The van der Waals surface area contributed by atoms with Gasteiger partial charge in [0.15, 0.2) is 0 Å². The molecule has 0 saturated heterocycles. The Balaban J connectivity index is 2.20. The molecule has 2 aromatic heterocycles. The van der Waals surface area contributed by atoms with Gasteiger partial charge in [-0.2, -0.15) is 5.10 Å². The fraction of sp³-hybridized carbons (Fsp3) is 0.222. The number of hydrogen-bond acceptors (Lipinski definition) is 4. The number of rotatable bonds is 4. The second kappa shape index (κ2) is 6.22. The first kappa shape index (κ1) is 15.2. The highest BCUT2D eigenvalue weighted by molar-refractivity contribution is 5.98. The Morgan fingerprint density at radius 3 is 2.78 bits per heavy atom. The summed E-state index contributed by atoms with van der Waals surface area (Å²) in [7, 11) is 5.45. The van der Waals surface area contributed by atoms with Gasteiger partial charge in [-0.05, 0) is 43.9 Å². The second-order valence-electron chi connectivity index (χ2n) is 5.70. The summed E-state index contributed by atoms with van der Waals surface area (Å²) in [6.45, 7) is 0.831. The third kappa shape index (κ3) is 2.96. The molecule has 0 N–H and O–H groups in total. The van der Waals surface area contributed by atoms with E-state index in [1.54, 1.807) is 10.7 Å². The van der Waals surface area contributed by atoms with Crippen molar-refractivity contribution in [2.45, 2.75) is 6.54 Å². The number of ether oxygens (including phenoxy) is 1. The lowest BCUT2D eigenvalue weighted by atomic mass is 10.0. The zero-order valence-electron chi connectivity index (χ0n) is 13.5. The molecule has 1 aromatic carbocycles. The molecule has 0 atom stereocenters. The standard InChI is InChI=1S/C18H19N3O2/c1-20(2)12-13-6-4-7-14(10-13)17-16(18(22)23-3)11-15-8-5-9-19-21(15)17/h4-11H,12H2,1-3H3. The molecule has 3 aromatic rings. The molecule has 0 fully saturated rings. The van der Waals surface area contributed by atoms with Crippen LogP contribution in [0.5, 0.6) is 0 Å². The Morgan fingerprint density at radius 1 is 1.22 bits per heavy atom. The third-order valence-corrected chi connectivity index (χ3v) is 3.64. The topological polar surface area (TPSA) is 46.8 Å². The van der Waals surface area contributed by atoms with Gasteiger partial charge in [-0.15, -0.1) is 0 Å². The normalized spacial score (nSPS) is 11.1. The summed E-state index contributed by atoms with van der Waals surface area (Å²) in [5, 5.41) is 4.38. The summed E-state index contributed by atoms with van der Waals surface area (Å²) in [6, 6.07) is 13.7. The first-order chi connectivity index (χ1) is 11.1. The van der Waals surface area contributed by atoms with Crippen molar-refractivity contribution in [2.24, 2.45) is 0 Å². The van der Waals surface area contributed by atoms with Gasteiger partial charge >= 0.3 is 5.97 Å². The minimum atomic E-state index is -0.358. The maximum Gasteiger partial charge on any atom is 0.340 e. The van der Waals surface area contributed by atoms with E-state index in [9.17, 15) is 4.79 Å². The molecule has 0 bridgehead atoms. The zero-order valence-corrected chi connectivity index (χ0v) is 13.5. The molecule has 3 rings (SSSR count). The van der Waals surface area contributed by atoms with Crippen molar-refractivity contribution in [3.8, 4) is 11.3 Å². The fourth-order valence-corrected chi connectivity index (χ4v) is 2.74. The van der Waals surface area contributed by atoms with Crippen molar-refractivity contribution in [2.75, 3.05) is 21.2 Å². The van der Waals surface area contributed by atoms with Gasteiger partial charge in [0, 0.05) is 18.3 Å². The number of nitrogens with zero attached hydrogens (tertiary/aromatic N) is 3. The Bertz CT molecular complexity index is 852. The first-order valence-electron chi connectivity index (χ1n) is 7.39. The highest BCUT2D eigenvalue weighted by Gasteiger charge is 2.19. The lowest BCUT2D eigenvalue weighted by Crippen LogP contribution is -2.10. The monoisotopic (exact) mass is 309 g/mol. The summed E-state index contributed by atoms with van der Waals surface area (Å²) < 4.78 is 6.71. The predicted octanol–water partition coefficient (Wildman–Crippen LogP) is 2.85. The van der Waals surface area contributed by atoms with Crippen molar-refractivity contribution in [1.29, 1.82) is 0 Å². The van der Waals surface area contributed by atoms with Gasteiger partial charge in [0.1, 0.15) is 0 Å². The van der Waals surface area contributed by atoms with E-state index in [1.807, 2.05) is 44.4 Å². The SMILES string of the molecule is COC(=O)c1cc2cccnn2c1-c1cccc(CN(C)C)c1. The Morgan fingerprint density at radius 2 is 2.04 bits per heavy atom. The summed E-state index contributed by atoms with van der Waals surface area (Å²) in [5.74, 6) is -0.358. The third-order valence-electron chi connectivity index (χ3n) is 3.64. The summed E-state index contributed by atoms with van der Waals surface area (Å²) in [6.07, 6.45) is 1.71. The van der Waals surface area contributed by atoms with Crippen LogP contribution >= 0.6 is 0 Å². The van der Waals surface area contributed by atoms with Crippen molar-refractivity contribution < 1.29 is 9.53 Å². The Labute approximate surface area is 135 Å². The van der Waals surface area contributed by atoms with Crippen molar-refractivity contribution in [3.63, 3.8) is 0 Å². The molecular weight excluding hydrogens is 290 g/mol. The molecule has 5 nitrogen and oxygen atoms in total. The quantitative estimate of drug-likeness (QED) is 0.695. The summed E-state index contributed by atoms with van der Waals surface area (Å²) in [4.78, 5) is 14.3. The number of carbonyl (C=O) groups excluding carboxylic acids is 1. The van der Waals surface area contributed by atoms with E-state index in [2.05, 4.69) is 22.1 Å². The lowest BCUT2D eigenvalue weighted by molar-refractivity contribution is 0.0602. The van der Waals surface area contributed by atoms with E-state index in [-0.39, 0.29) is 5.97 Å². The molecule has 23 heavy (non-hydrogen) atoms. The van der Waals surface area contributed by atoms with Gasteiger partial charge in [-0.25, -0.2) is 9.31 Å². The second-order valence-corrected chi connectivity index (χ2v) is 5.70.